The molecule has 39 heavy (non-hydrogen) atoms. The number of fused-ring (bicyclic) bond motifs is 1. The molecule has 4 heterocycles. The van der Waals surface area contributed by atoms with Crippen molar-refractivity contribution in [2.24, 2.45) is 5.92 Å². The highest BCUT2D eigenvalue weighted by Gasteiger charge is 2.25. The van der Waals surface area contributed by atoms with Crippen molar-refractivity contribution in [3.05, 3.63) is 52.4 Å². The lowest BCUT2D eigenvalue weighted by Gasteiger charge is -2.35. The number of urea groups is 1. The molecule has 10 heteroatoms. The Morgan fingerprint density at radius 1 is 1.05 bits per heavy atom. The third-order valence-electron chi connectivity index (χ3n) is 7.94. The lowest BCUT2D eigenvalue weighted by molar-refractivity contribution is 0.0697. The van der Waals surface area contributed by atoms with Gasteiger partial charge in [0.15, 0.2) is 0 Å². The fourth-order valence-corrected chi connectivity index (χ4v) is 5.14. The summed E-state index contributed by atoms with van der Waals surface area (Å²) in [5, 5.41) is 5.93. The Kier molecular flexibility index (Phi) is 8.13. The Morgan fingerprint density at radius 3 is 2.46 bits per heavy atom. The Labute approximate surface area is 229 Å². The second-order valence-corrected chi connectivity index (χ2v) is 10.9. The number of benzene rings is 1. The number of anilines is 1. The number of amides is 2. The highest BCUT2D eigenvalue weighted by atomic mass is 16.5. The van der Waals surface area contributed by atoms with Crippen LogP contribution in [0.2, 0.25) is 0 Å². The van der Waals surface area contributed by atoms with Gasteiger partial charge in [0, 0.05) is 68.6 Å². The number of aryl methyl sites for hydroxylation is 1. The van der Waals surface area contributed by atoms with Gasteiger partial charge in [-0.25, -0.2) is 14.8 Å². The van der Waals surface area contributed by atoms with E-state index in [-0.39, 0.29) is 23.7 Å². The van der Waals surface area contributed by atoms with Crippen LogP contribution in [0.4, 0.5) is 10.7 Å². The summed E-state index contributed by atoms with van der Waals surface area (Å²) in [6, 6.07) is 9.98. The summed E-state index contributed by atoms with van der Waals surface area (Å²) in [4.78, 5) is 37.8. The lowest BCUT2D eigenvalue weighted by Crippen LogP contribution is -2.54. The van der Waals surface area contributed by atoms with Gasteiger partial charge in [0.2, 0.25) is 5.95 Å². The molecule has 0 unspecified atom stereocenters. The highest BCUT2D eigenvalue weighted by molar-refractivity contribution is 5.82. The van der Waals surface area contributed by atoms with E-state index in [9.17, 15) is 9.59 Å². The van der Waals surface area contributed by atoms with Crippen molar-refractivity contribution in [1.82, 2.24) is 29.8 Å². The zero-order chi connectivity index (χ0) is 27.5. The number of piperazine rings is 1. The molecule has 2 aliphatic rings. The Bertz CT molecular complexity index is 1380. The molecule has 1 aromatic carbocycles. The van der Waals surface area contributed by atoms with Gasteiger partial charge in [-0.05, 0) is 49.8 Å². The first kappa shape index (κ1) is 27.1. The van der Waals surface area contributed by atoms with Gasteiger partial charge in [0.1, 0.15) is 5.65 Å². The van der Waals surface area contributed by atoms with E-state index in [0.717, 1.165) is 29.4 Å². The monoisotopic (exact) mass is 533 g/mol. The van der Waals surface area contributed by atoms with Crippen molar-refractivity contribution in [2.75, 3.05) is 44.8 Å². The van der Waals surface area contributed by atoms with Crippen LogP contribution in [0.1, 0.15) is 45.2 Å². The largest absolute Gasteiger partial charge is 0.381 e. The first-order valence-electron chi connectivity index (χ1n) is 13.9. The van der Waals surface area contributed by atoms with Gasteiger partial charge in [-0.3, -0.25) is 14.8 Å². The highest BCUT2D eigenvalue weighted by Crippen LogP contribution is 2.28. The first-order valence-corrected chi connectivity index (χ1v) is 13.9. The molecule has 0 saturated carbocycles. The maximum atomic E-state index is 13.9. The van der Waals surface area contributed by atoms with Gasteiger partial charge in [-0.1, -0.05) is 38.1 Å². The summed E-state index contributed by atoms with van der Waals surface area (Å²) in [5.74, 6) is 0.825. The van der Waals surface area contributed by atoms with Gasteiger partial charge in [-0.2, -0.15) is 4.98 Å². The number of hydrogen-bond acceptors (Lipinski definition) is 7. The number of rotatable bonds is 6. The van der Waals surface area contributed by atoms with Crippen molar-refractivity contribution >= 4 is 23.0 Å². The summed E-state index contributed by atoms with van der Waals surface area (Å²) in [7, 11) is 0. The number of nitrogens with zero attached hydrogens (tertiary/aromatic N) is 5. The van der Waals surface area contributed by atoms with Gasteiger partial charge in [0.25, 0.3) is 5.56 Å². The number of pyridine rings is 1. The summed E-state index contributed by atoms with van der Waals surface area (Å²) in [6.45, 7) is 12.0. The predicted molar refractivity (Wildman–Crippen MR) is 153 cm³/mol. The minimum Gasteiger partial charge on any atom is -0.381 e. The second-order valence-electron chi connectivity index (χ2n) is 10.9. The first-order chi connectivity index (χ1) is 18.8. The second kappa shape index (κ2) is 11.7. The minimum absolute atomic E-state index is 0.00996. The summed E-state index contributed by atoms with van der Waals surface area (Å²) >= 11 is 0. The van der Waals surface area contributed by atoms with Crippen molar-refractivity contribution in [3.63, 3.8) is 0 Å². The summed E-state index contributed by atoms with van der Waals surface area (Å²) in [6.07, 6.45) is 3.32. The molecule has 2 amide bonds. The van der Waals surface area contributed by atoms with E-state index < -0.39 is 0 Å². The Morgan fingerprint density at radius 2 is 1.77 bits per heavy atom. The Balaban J connectivity index is 1.39. The molecule has 10 nitrogen and oxygen atoms in total. The number of ether oxygens (including phenoxy) is 1. The van der Waals surface area contributed by atoms with Gasteiger partial charge >= 0.3 is 6.03 Å². The molecular weight excluding hydrogens is 494 g/mol. The Hall–Kier alpha value is -3.50. The van der Waals surface area contributed by atoms with Crippen LogP contribution in [0.5, 0.6) is 0 Å². The standard InChI is InChI=1S/C29H39N7O3/c1-19(2)21(4)31-29(38)34-11-13-35(14-12-34)33-28-30-18-22-17-25(24-8-6-5-7-20(24)3)27(37)36(26(22)32-28)23-9-15-39-16-10-23/h5-8,17-19,21,23H,9-16H2,1-4H3,(H,31,38)(H,30,32,33)/t21-/m1/s1. The molecule has 2 aliphatic heterocycles. The molecule has 1 atom stereocenters. The third kappa shape index (κ3) is 5.91. The topological polar surface area (TPSA) is 105 Å². The van der Waals surface area contributed by atoms with Crippen LogP contribution in [0, 0.1) is 12.8 Å². The maximum absolute atomic E-state index is 13.9. The third-order valence-corrected chi connectivity index (χ3v) is 7.94. The molecule has 2 aromatic heterocycles. The van der Waals surface area contributed by atoms with E-state index in [2.05, 4.69) is 29.6 Å². The van der Waals surface area contributed by atoms with E-state index >= 15 is 0 Å². The molecule has 5 rings (SSSR count). The zero-order valence-electron chi connectivity index (χ0n) is 23.3. The molecule has 0 radical (unpaired) electrons. The maximum Gasteiger partial charge on any atom is 0.317 e. The molecule has 208 valence electrons. The smallest absolute Gasteiger partial charge is 0.317 e. The van der Waals surface area contributed by atoms with E-state index in [1.807, 2.05) is 58.7 Å². The SMILES string of the molecule is Cc1ccccc1-c1cc2cnc(NN3CCN(C(=O)N[C@H](C)C(C)C)CC3)nc2n(C2CCOCC2)c1=O. The number of hydrazine groups is 1. The normalized spacial score (nSPS) is 17.9. The van der Waals surface area contributed by atoms with Crippen LogP contribution < -0.4 is 16.3 Å². The van der Waals surface area contributed by atoms with Crippen LogP contribution in [-0.4, -0.2) is 75.9 Å². The average molecular weight is 534 g/mol. The van der Waals surface area contributed by atoms with Crippen LogP contribution >= 0.6 is 0 Å². The van der Waals surface area contributed by atoms with Crippen molar-refractivity contribution < 1.29 is 9.53 Å². The molecule has 0 bridgehead atoms. The summed E-state index contributed by atoms with van der Waals surface area (Å²) in [5.41, 5.74) is 6.54. The molecule has 2 N–H and O–H groups in total. The fourth-order valence-electron chi connectivity index (χ4n) is 5.14. The molecule has 2 fully saturated rings. The fraction of sp³-hybridized carbons (Fsp3) is 0.517. The molecule has 0 aliphatic carbocycles. The minimum atomic E-state index is -0.0383. The van der Waals surface area contributed by atoms with Crippen molar-refractivity contribution in [2.45, 2.75) is 52.6 Å². The van der Waals surface area contributed by atoms with Crippen molar-refractivity contribution in [1.29, 1.82) is 0 Å². The van der Waals surface area contributed by atoms with Crippen LogP contribution in [-0.2, 0) is 4.74 Å². The number of hydrogen-bond donors (Lipinski definition) is 2. The molecular formula is C29H39N7O3. The van der Waals surface area contributed by atoms with Crippen LogP contribution in [0.3, 0.4) is 0 Å². The predicted octanol–water partition coefficient (Wildman–Crippen LogP) is 3.82. The lowest BCUT2D eigenvalue weighted by atomic mass is 10.00. The van der Waals surface area contributed by atoms with E-state index in [1.54, 1.807) is 6.20 Å². The molecule has 0 spiro atoms. The number of aromatic nitrogens is 3. The van der Waals surface area contributed by atoms with E-state index in [1.165, 1.54) is 0 Å². The number of nitrogens with one attached hydrogen (secondary N) is 2. The molecule has 3 aromatic rings. The van der Waals surface area contributed by atoms with Gasteiger partial charge < -0.3 is 15.0 Å². The summed E-state index contributed by atoms with van der Waals surface area (Å²) < 4.78 is 7.44. The van der Waals surface area contributed by atoms with Crippen LogP contribution in [0.15, 0.2) is 41.3 Å². The molecule has 2 saturated heterocycles. The van der Waals surface area contributed by atoms with E-state index in [4.69, 9.17) is 9.72 Å². The zero-order valence-corrected chi connectivity index (χ0v) is 23.3. The average Bonchev–Trinajstić information content (AvgIpc) is 2.94. The van der Waals surface area contributed by atoms with Gasteiger partial charge in [-0.15, -0.1) is 0 Å². The number of carbonyl (C=O) groups excluding carboxylic acids is 1. The van der Waals surface area contributed by atoms with Crippen molar-refractivity contribution in [3.8, 4) is 11.1 Å². The quantitative estimate of drug-likeness (QED) is 0.496. The van der Waals surface area contributed by atoms with E-state index in [0.29, 0.717) is 62.5 Å². The van der Waals surface area contributed by atoms with Crippen LogP contribution in [0.25, 0.3) is 22.2 Å². The van der Waals surface area contributed by atoms with Gasteiger partial charge in [0.05, 0.1) is 0 Å². The number of carbonyl (C=O) groups is 1.